The third-order valence-electron chi connectivity index (χ3n) is 5.20. The standard InChI is InChI=1S/C20H22ClN3O5S/c1-13-10-16(24(26)27)12-19(14(13)2)30(28,29)22-18-11-15(21)6-7-17(18)20(25)23-8-4-3-5-9-23/h6-7,10-12,22H,3-5,8-9H2,1-2H3. The Morgan fingerprint density at radius 2 is 1.80 bits per heavy atom. The highest BCUT2D eigenvalue weighted by molar-refractivity contribution is 7.92. The van der Waals surface area contributed by atoms with Crippen molar-refractivity contribution >= 4 is 38.9 Å². The van der Waals surface area contributed by atoms with Crippen LogP contribution in [0.1, 0.15) is 40.7 Å². The van der Waals surface area contributed by atoms with Gasteiger partial charge in [0.1, 0.15) is 0 Å². The molecule has 1 N–H and O–H groups in total. The predicted octanol–water partition coefficient (Wildman–Crippen LogP) is 4.29. The third kappa shape index (κ3) is 4.57. The number of nitro groups is 1. The van der Waals surface area contributed by atoms with Gasteiger partial charge in [0.2, 0.25) is 0 Å². The number of piperidine rings is 1. The third-order valence-corrected chi connectivity index (χ3v) is 6.93. The Balaban J connectivity index is 2.03. The molecule has 0 spiro atoms. The number of rotatable bonds is 5. The van der Waals surface area contributed by atoms with Crippen LogP contribution in [-0.2, 0) is 10.0 Å². The van der Waals surface area contributed by atoms with Gasteiger partial charge in [0.25, 0.3) is 21.6 Å². The number of sulfonamides is 1. The molecule has 0 atom stereocenters. The molecule has 1 amide bonds. The fourth-order valence-corrected chi connectivity index (χ4v) is 5.03. The van der Waals surface area contributed by atoms with Gasteiger partial charge in [0, 0.05) is 30.2 Å². The second-order valence-electron chi connectivity index (χ2n) is 7.29. The van der Waals surface area contributed by atoms with Crippen LogP contribution < -0.4 is 4.72 Å². The van der Waals surface area contributed by atoms with Crippen molar-refractivity contribution < 1.29 is 18.1 Å². The molecule has 2 aromatic carbocycles. The summed E-state index contributed by atoms with van der Waals surface area (Å²) >= 11 is 6.06. The number of nitro benzene ring substituents is 1. The van der Waals surface area contributed by atoms with Crippen molar-refractivity contribution in [2.45, 2.75) is 38.0 Å². The number of hydrogen-bond donors (Lipinski definition) is 1. The van der Waals surface area contributed by atoms with E-state index in [2.05, 4.69) is 4.72 Å². The normalized spacial score (nSPS) is 14.4. The molecule has 30 heavy (non-hydrogen) atoms. The molecule has 160 valence electrons. The van der Waals surface area contributed by atoms with E-state index in [1.165, 1.54) is 24.3 Å². The summed E-state index contributed by atoms with van der Waals surface area (Å²) in [4.78, 5) is 25.0. The van der Waals surface area contributed by atoms with Gasteiger partial charge < -0.3 is 4.90 Å². The van der Waals surface area contributed by atoms with E-state index in [-0.39, 0.29) is 32.8 Å². The maximum atomic E-state index is 13.1. The summed E-state index contributed by atoms with van der Waals surface area (Å²) in [6.07, 6.45) is 2.84. The van der Waals surface area contributed by atoms with Crippen LogP contribution in [0.15, 0.2) is 35.2 Å². The zero-order valence-corrected chi connectivity index (χ0v) is 18.2. The van der Waals surface area contributed by atoms with E-state index in [1.54, 1.807) is 18.7 Å². The number of carbonyl (C=O) groups excluding carboxylic acids is 1. The largest absolute Gasteiger partial charge is 0.339 e. The molecule has 1 aliphatic heterocycles. The van der Waals surface area contributed by atoms with Crippen LogP contribution in [0.4, 0.5) is 11.4 Å². The minimum absolute atomic E-state index is 0.0432. The summed E-state index contributed by atoms with van der Waals surface area (Å²) < 4.78 is 28.6. The summed E-state index contributed by atoms with van der Waals surface area (Å²) in [6.45, 7) is 4.39. The van der Waals surface area contributed by atoms with Crippen LogP contribution in [0.2, 0.25) is 5.02 Å². The minimum Gasteiger partial charge on any atom is -0.339 e. The number of anilines is 1. The van der Waals surface area contributed by atoms with Gasteiger partial charge in [-0.25, -0.2) is 8.42 Å². The van der Waals surface area contributed by atoms with E-state index in [9.17, 15) is 23.3 Å². The average Bonchev–Trinajstić information content (AvgIpc) is 2.69. The van der Waals surface area contributed by atoms with E-state index >= 15 is 0 Å². The fourth-order valence-electron chi connectivity index (χ4n) is 3.45. The Bertz CT molecular complexity index is 1110. The Morgan fingerprint density at radius 1 is 1.13 bits per heavy atom. The molecule has 0 saturated carbocycles. The molecule has 0 radical (unpaired) electrons. The summed E-state index contributed by atoms with van der Waals surface area (Å²) in [5.41, 5.74) is 0.764. The lowest BCUT2D eigenvalue weighted by Gasteiger charge is -2.27. The summed E-state index contributed by atoms with van der Waals surface area (Å²) in [6, 6.07) is 6.72. The Kier molecular flexibility index (Phi) is 6.33. The highest BCUT2D eigenvalue weighted by atomic mass is 35.5. The van der Waals surface area contributed by atoms with Crippen LogP contribution in [-0.4, -0.2) is 37.2 Å². The first-order valence-electron chi connectivity index (χ1n) is 9.47. The van der Waals surface area contributed by atoms with Gasteiger partial charge >= 0.3 is 0 Å². The monoisotopic (exact) mass is 451 g/mol. The zero-order chi connectivity index (χ0) is 22.1. The van der Waals surface area contributed by atoms with E-state index in [0.29, 0.717) is 24.2 Å². The number of benzene rings is 2. The Hall–Kier alpha value is -2.65. The molecule has 10 heteroatoms. The number of likely N-dealkylation sites (tertiary alicyclic amines) is 1. The topological polar surface area (TPSA) is 110 Å². The summed E-state index contributed by atoms with van der Waals surface area (Å²) in [7, 11) is -4.21. The van der Waals surface area contributed by atoms with Crippen molar-refractivity contribution in [3.05, 3.63) is 62.2 Å². The number of halogens is 1. The van der Waals surface area contributed by atoms with Crippen molar-refractivity contribution in [1.29, 1.82) is 0 Å². The maximum Gasteiger partial charge on any atom is 0.271 e. The molecule has 1 fully saturated rings. The lowest BCUT2D eigenvalue weighted by molar-refractivity contribution is -0.385. The molecule has 1 heterocycles. The first-order chi connectivity index (χ1) is 14.1. The highest BCUT2D eigenvalue weighted by Gasteiger charge is 2.26. The molecule has 2 aromatic rings. The number of nitrogens with zero attached hydrogens (tertiary/aromatic N) is 2. The van der Waals surface area contributed by atoms with Crippen LogP contribution >= 0.6 is 11.6 Å². The van der Waals surface area contributed by atoms with E-state index in [0.717, 1.165) is 25.3 Å². The van der Waals surface area contributed by atoms with Crippen LogP contribution in [0.25, 0.3) is 0 Å². The molecule has 8 nitrogen and oxygen atoms in total. The number of aryl methyl sites for hydroxylation is 1. The van der Waals surface area contributed by atoms with Gasteiger partial charge in [-0.2, -0.15) is 0 Å². The second-order valence-corrected chi connectivity index (χ2v) is 9.38. The number of hydrogen-bond acceptors (Lipinski definition) is 5. The Labute approximate surface area is 180 Å². The first-order valence-corrected chi connectivity index (χ1v) is 11.3. The molecular weight excluding hydrogens is 430 g/mol. The van der Waals surface area contributed by atoms with Gasteiger partial charge in [-0.15, -0.1) is 0 Å². The molecule has 0 unspecified atom stereocenters. The quantitative estimate of drug-likeness (QED) is 0.538. The van der Waals surface area contributed by atoms with Gasteiger partial charge in [-0.1, -0.05) is 11.6 Å². The van der Waals surface area contributed by atoms with Crippen LogP contribution in [0.5, 0.6) is 0 Å². The van der Waals surface area contributed by atoms with Crippen molar-refractivity contribution in [2.24, 2.45) is 0 Å². The molecule has 1 aliphatic rings. The lowest BCUT2D eigenvalue weighted by atomic mass is 10.1. The van der Waals surface area contributed by atoms with Crippen molar-refractivity contribution in [2.75, 3.05) is 17.8 Å². The maximum absolute atomic E-state index is 13.1. The van der Waals surface area contributed by atoms with Crippen molar-refractivity contribution in [3.8, 4) is 0 Å². The van der Waals surface area contributed by atoms with E-state index in [1.807, 2.05) is 0 Å². The summed E-state index contributed by atoms with van der Waals surface area (Å²) in [5, 5.41) is 11.4. The van der Waals surface area contributed by atoms with Crippen LogP contribution in [0.3, 0.4) is 0 Å². The van der Waals surface area contributed by atoms with Gasteiger partial charge in [-0.3, -0.25) is 19.6 Å². The van der Waals surface area contributed by atoms with E-state index in [4.69, 9.17) is 11.6 Å². The number of amides is 1. The Morgan fingerprint density at radius 3 is 2.43 bits per heavy atom. The van der Waals surface area contributed by atoms with Crippen molar-refractivity contribution in [1.82, 2.24) is 4.90 Å². The highest BCUT2D eigenvalue weighted by Crippen LogP contribution is 2.30. The molecule has 3 rings (SSSR count). The van der Waals surface area contributed by atoms with E-state index < -0.39 is 14.9 Å². The molecule has 0 bridgehead atoms. The molecule has 0 aliphatic carbocycles. The minimum atomic E-state index is -4.21. The molecular formula is C20H22ClN3O5S. The fraction of sp³-hybridized carbons (Fsp3) is 0.350. The number of nitrogens with one attached hydrogen (secondary N) is 1. The summed E-state index contributed by atoms with van der Waals surface area (Å²) in [5.74, 6) is -0.281. The van der Waals surface area contributed by atoms with Gasteiger partial charge in [-0.05, 0) is 62.4 Å². The zero-order valence-electron chi connectivity index (χ0n) is 16.6. The van der Waals surface area contributed by atoms with Gasteiger partial charge in [0.15, 0.2) is 0 Å². The van der Waals surface area contributed by atoms with Crippen molar-refractivity contribution in [3.63, 3.8) is 0 Å². The van der Waals surface area contributed by atoms with Crippen LogP contribution in [0, 0.1) is 24.0 Å². The lowest BCUT2D eigenvalue weighted by Crippen LogP contribution is -2.36. The predicted molar refractivity (Wildman–Crippen MR) is 115 cm³/mol. The van der Waals surface area contributed by atoms with Gasteiger partial charge in [0.05, 0.1) is 21.1 Å². The number of carbonyl (C=O) groups is 1. The SMILES string of the molecule is Cc1cc([N+](=O)[O-])cc(S(=O)(=O)Nc2cc(Cl)ccc2C(=O)N2CCCCC2)c1C. The average molecular weight is 452 g/mol. The smallest absolute Gasteiger partial charge is 0.271 e. The number of non-ortho nitro benzene ring substituents is 1. The molecule has 0 aromatic heterocycles. The first kappa shape index (κ1) is 22.0. The second kappa shape index (κ2) is 8.61. The molecule has 1 saturated heterocycles.